The number of halogens is 7. The van der Waals surface area contributed by atoms with Crippen LogP contribution in [0.15, 0.2) is 0 Å². The van der Waals surface area contributed by atoms with Crippen LogP contribution in [0.5, 0.6) is 0 Å². The summed E-state index contributed by atoms with van der Waals surface area (Å²) in [5.41, 5.74) is 1.16. The van der Waals surface area contributed by atoms with Crippen molar-refractivity contribution >= 4 is 0 Å². The van der Waals surface area contributed by atoms with E-state index in [1.807, 2.05) is 0 Å². The maximum Gasteiger partial charge on any atom is 0.422 e. The zero-order valence-electron chi connectivity index (χ0n) is 8.30. The number of rotatable bonds is 1. The lowest BCUT2D eigenvalue weighted by Gasteiger charge is -2.15. The Balaban J connectivity index is 3.71. The maximum atomic E-state index is 13.1. The predicted molar refractivity (Wildman–Crippen MR) is 43.9 cm³/mol. The van der Waals surface area contributed by atoms with E-state index in [1.165, 1.54) is 0 Å². The van der Waals surface area contributed by atoms with Crippen LogP contribution in [0.1, 0.15) is 24.1 Å². The van der Waals surface area contributed by atoms with E-state index in [1.54, 1.807) is 0 Å². The molecular formula is C9H6F7N. The van der Waals surface area contributed by atoms with Crippen LogP contribution in [0.4, 0.5) is 30.7 Å². The van der Waals surface area contributed by atoms with E-state index in [9.17, 15) is 30.7 Å². The molecule has 0 saturated carbocycles. The summed E-state index contributed by atoms with van der Waals surface area (Å²) in [6.07, 6.45) is -5.54. The van der Waals surface area contributed by atoms with Crippen molar-refractivity contribution in [2.75, 3.05) is 0 Å². The van der Waals surface area contributed by atoms with Gasteiger partial charge in [-0.05, 0) is 6.92 Å². The molecule has 0 aliphatic rings. The molecule has 0 aliphatic heterocycles. The molecule has 1 aromatic carbocycles. The highest BCUT2D eigenvalue weighted by Gasteiger charge is 2.42. The Bertz CT molecular complexity index is 421. The molecule has 1 atom stereocenters. The summed E-state index contributed by atoms with van der Waals surface area (Å²) >= 11 is 0. The fourth-order valence-electron chi connectivity index (χ4n) is 1.30. The third-order valence-electron chi connectivity index (χ3n) is 2.04. The first-order valence-electron chi connectivity index (χ1n) is 4.27. The van der Waals surface area contributed by atoms with Crippen LogP contribution in [0.3, 0.4) is 0 Å². The van der Waals surface area contributed by atoms with Crippen LogP contribution in [0, 0.1) is 23.3 Å². The quantitative estimate of drug-likeness (QED) is 0.609. The third kappa shape index (κ3) is 2.21. The van der Waals surface area contributed by atoms with Gasteiger partial charge in [-0.2, -0.15) is 13.2 Å². The second kappa shape index (κ2) is 4.17. The van der Waals surface area contributed by atoms with Gasteiger partial charge in [-0.15, -0.1) is 0 Å². The highest BCUT2D eigenvalue weighted by atomic mass is 19.4. The number of alkyl halides is 3. The molecule has 0 aliphatic carbocycles. The zero-order chi connectivity index (χ0) is 13.5. The first-order chi connectivity index (χ1) is 7.59. The molecular weight excluding hydrogens is 255 g/mol. The van der Waals surface area contributed by atoms with Gasteiger partial charge >= 0.3 is 6.18 Å². The van der Waals surface area contributed by atoms with Gasteiger partial charge in [0, 0.05) is 11.6 Å². The van der Waals surface area contributed by atoms with Crippen LogP contribution in [-0.2, 0) is 6.18 Å². The SMILES string of the molecule is CC(N)c1c(F)c(F)c(C(F)(F)F)c(F)c1F. The fourth-order valence-corrected chi connectivity index (χ4v) is 1.30. The normalized spacial score (nSPS) is 13.9. The molecule has 96 valence electrons. The van der Waals surface area contributed by atoms with E-state index in [4.69, 9.17) is 5.73 Å². The number of benzene rings is 1. The van der Waals surface area contributed by atoms with E-state index in [2.05, 4.69) is 0 Å². The van der Waals surface area contributed by atoms with Gasteiger partial charge in [0.15, 0.2) is 23.3 Å². The number of hydrogen-bond acceptors (Lipinski definition) is 1. The summed E-state index contributed by atoms with van der Waals surface area (Å²) in [7, 11) is 0. The van der Waals surface area contributed by atoms with Crippen molar-refractivity contribution in [3.8, 4) is 0 Å². The van der Waals surface area contributed by atoms with Gasteiger partial charge in [0.1, 0.15) is 5.56 Å². The molecule has 8 heteroatoms. The van der Waals surface area contributed by atoms with Gasteiger partial charge in [0.2, 0.25) is 0 Å². The molecule has 17 heavy (non-hydrogen) atoms. The van der Waals surface area contributed by atoms with Gasteiger partial charge in [0.05, 0.1) is 0 Å². The smallest absolute Gasteiger partial charge is 0.324 e. The molecule has 1 rings (SSSR count). The van der Waals surface area contributed by atoms with Crippen molar-refractivity contribution in [3.63, 3.8) is 0 Å². The van der Waals surface area contributed by atoms with Gasteiger partial charge in [-0.25, -0.2) is 17.6 Å². The zero-order valence-corrected chi connectivity index (χ0v) is 8.30. The van der Waals surface area contributed by atoms with Crippen molar-refractivity contribution < 1.29 is 30.7 Å². The standard InChI is InChI=1S/C9H6F7N/c1-2(17)3-5(10)7(12)4(9(14,15)16)8(13)6(3)11/h2H,17H2,1H3. The fraction of sp³-hybridized carbons (Fsp3) is 0.333. The molecule has 0 radical (unpaired) electrons. The minimum absolute atomic E-state index is 0.980. The molecule has 1 unspecified atom stereocenters. The van der Waals surface area contributed by atoms with Crippen LogP contribution >= 0.6 is 0 Å². The number of hydrogen-bond donors (Lipinski definition) is 1. The van der Waals surface area contributed by atoms with Gasteiger partial charge in [-0.1, -0.05) is 0 Å². The average Bonchev–Trinajstić information content (AvgIpc) is 2.12. The highest BCUT2D eigenvalue weighted by molar-refractivity contribution is 5.33. The molecule has 0 aromatic heterocycles. The monoisotopic (exact) mass is 261 g/mol. The summed E-state index contributed by atoms with van der Waals surface area (Å²) in [6.45, 7) is 0.980. The van der Waals surface area contributed by atoms with Gasteiger partial charge in [-0.3, -0.25) is 0 Å². The molecule has 0 fully saturated rings. The number of nitrogens with two attached hydrogens (primary N) is 1. The van der Waals surface area contributed by atoms with Crippen molar-refractivity contribution in [1.82, 2.24) is 0 Å². The molecule has 0 bridgehead atoms. The Hall–Kier alpha value is -1.31. The van der Waals surface area contributed by atoms with Crippen LogP contribution in [-0.4, -0.2) is 0 Å². The van der Waals surface area contributed by atoms with Crippen LogP contribution in [0.25, 0.3) is 0 Å². The average molecular weight is 261 g/mol. The summed E-state index contributed by atoms with van der Waals surface area (Å²) in [5, 5.41) is 0. The van der Waals surface area contributed by atoms with Gasteiger partial charge < -0.3 is 5.73 Å². The predicted octanol–water partition coefficient (Wildman–Crippen LogP) is 3.28. The van der Waals surface area contributed by atoms with E-state index in [-0.39, 0.29) is 0 Å². The Morgan fingerprint density at radius 2 is 1.24 bits per heavy atom. The van der Waals surface area contributed by atoms with E-state index >= 15 is 0 Å². The van der Waals surface area contributed by atoms with Gasteiger partial charge in [0.25, 0.3) is 0 Å². The largest absolute Gasteiger partial charge is 0.422 e. The molecule has 1 aromatic rings. The molecule has 1 nitrogen and oxygen atoms in total. The Morgan fingerprint density at radius 3 is 1.47 bits per heavy atom. The minimum Gasteiger partial charge on any atom is -0.324 e. The first-order valence-corrected chi connectivity index (χ1v) is 4.27. The topological polar surface area (TPSA) is 26.0 Å². The van der Waals surface area contributed by atoms with Crippen molar-refractivity contribution in [3.05, 3.63) is 34.4 Å². The third-order valence-corrected chi connectivity index (χ3v) is 2.04. The molecule has 2 N–H and O–H groups in total. The minimum atomic E-state index is -5.54. The Kier molecular flexibility index (Phi) is 3.37. The highest BCUT2D eigenvalue weighted by Crippen LogP contribution is 2.37. The van der Waals surface area contributed by atoms with Crippen molar-refractivity contribution in [2.45, 2.75) is 19.1 Å². The van der Waals surface area contributed by atoms with E-state index < -0.39 is 46.6 Å². The Labute approximate surface area is 91.0 Å². The second-order valence-corrected chi connectivity index (χ2v) is 3.33. The maximum absolute atomic E-state index is 13.1. The van der Waals surface area contributed by atoms with Crippen molar-refractivity contribution in [2.24, 2.45) is 5.73 Å². The van der Waals surface area contributed by atoms with E-state index in [0.29, 0.717) is 0 Å². The first kappa shape index (κ1) is 13.8. The summed E-state index contributed by atoms with van der Waals surface area (Å²) in [6, 6.07) is -1.48. The van der Waals surface area contributed by atoms with Crippen molar-refractivity contribution in [1.29, 1.82) is 0 Å². The molecule has 0 amide bonds. The lowest BCUT2D eigenvalue weighted by Crippen LogP contribution is -2.20. The lowest BCUT2D eigenvalue weighted by atomic mass is 10.0. The summed E-state index contributed by atoms with van der Waals surface area (Å²) in [5.74, 6) is -9.26. The summed E-state index contributed by atoms with van der Waals surface area (Å²) < 4.78 is 88.7. The van der Waals surface area contributed by atoms with Crippen LogP contribution in [0.2, 0.25) is 0 Å². The molecule has 0 spiro atoms. The summed E-state index contributed by atoms with van der Waals surface area (Å²) in [4.78, 5) is 0. The Morgan fingerprint density at radius 1 is 0.882 bits per heavy atom. The second-order valence-electron chi connectivity index (χ2n) is 3.33. The molecule has 0 heterocycles. The van der Waals surface area contributed by atoms with Crippen LogP contribution < -0.4 is 5.73 Å². The lowest BCUT2D eigenvalue weighted by molar-refractivity contribution is -0.143. The molecule has 0 saturated heterocycles. The van der Waals surface area contributed by atoms with E-state index in [0.717, 1.165) is 6.92 Å².